The van der Waals surface area contributed by atoms with Gasteiger partial charge >= 0.3 is 10.8 Å². The van der Waals surface area contributed by atoms with Gasteiger partial charge in [0.1, 0.15) is 12.4 Å². The number of carbonyl (C=O) groups is 3. The van der Waals surface area contributed by atoms with Gasteiger partial charge in [-0.15, -0.1) is 11.8 Å². The number of H-pyrrole nitrogens is 1. The summed E-state index contributed by atoms with van der Waals surface area (Å²) < 4.78 is 11.4. The number of aromatic amines is 1. The summed E-state index contributed by atoms with van der Waals surface area (Å²) in [5.74, 6) is -2.61. The van der Waals surface area contributed by atoms with Crippen molar-refractivity contribution in [2.24, 2.45) is 29.6 Å². The summed E-state index contributed by atoms with van der Waals surface area (Å²) in [5.41, 5.74) is 2.16. The minimum atomic E-state index is -0.568. The third kappa shape index (κ3) is 4.78. The van der Waals surface area contributed by atoms with Crippen molar-refractivity contribution in [3.05, 3.63) is 114 Å². The minimum Gasteiger partial charge on any atom is -0.489 e. The number of nitro benzene ring substituents is 1. The van der Waals surface area contributed by atoms with Gasteiger partial charge in [-0.05, 0) is 67.0 Å². The molecule has 13 heteroatoms. The van der Waals surface area contributed by atoms with Gasteiger partial charge in [0.05, 0.1) is 39.6 Å². The standard InChI is InChI=1S/C35H29N3O8S2/c1-2-45-34(41)18-8-10-19(11-9-18)37-32(39)27-22-15-23(28(27)33(37)40)29-26(22)25(30-31(47-29)36-35(42)48-30)21-14-20(38(43)44)12-13-24(21)46-16-17-6-4-3-5-7-17/h3-14,22-23,25-29H,2,15-16H2,1H3,(H,36,42)/t22-,23-,25+,26+,27+,28+,29-/m1/s1. The van der Waals surface area contributed by atoms with E-state index in [-0.39, 0.29) is 58.6 Å². The fourth-order valence-corrected chi connectivity index (χ4v) is 11.2. The first-order chi connectivity index (χ1) is 23.2. The average Bonchev–Trinajstić information content (AvgIpc) is 3.83. The van der Waals surface area contributed by atoms with Gasteiger partial charge in [0.2, 0.25) is 11.8 Å². The maximum Gasteiger partial charge on any atom is 0.338 e. The molecule has 4 aliphatic rings. The highest BCUT2D eigenvalue weighted by Gasteiger charge is 2.70. The molecule has 2 amide bonds. The van der Waals surface area contributed by atoms with Gasteiger partial charge in [-0.2, -0.15) is 0 Å². The van der Waals surface area contributed by atoms with Gasteiger partial charge in [-0.25, -0.2) is 4.79 Å². The second-order valence-electron chi connectivity index (χ2n) is 12.5. The number of amides is 2. The molecule has 0 unspecified atom stereocenters. The van der Waals surface area contributed by atoms with Crippen LogP contribution in [0, 0.1) is 39.7 Å². The molecule has 1 N–H and O–H groups in total. The number of thioether (sulfide) groups is 1. The zero-order chi connectivity index (χ0) is 33.3. The molecule has 3 fully saturated rings. The number of imide groups is 1. The molecule has 2 saturated carbocycles. The number of rotatable bonds is 8. The number of ether oxygens (including phenoxy) is 2. The molecule has 1 aromatic heterocycles. The van der Waals surface area contributed by atoms with Crippen LogP contribution >= 0.6 is 23.1 Å². The van der Waals surface area contributed by atoms with E-state index in [1.807, 2.05) is 30.3 Å². The van der Waals surface area contributed by atoms with Crippen LogP contribution in [0.25, 0.3) is 0 Å². The van der Waals surface area contributed by atoms with E-state index in [0.29, 0.717) is 34.0 Å². The molecular weight excluding hydrogens is 655 g/mol. The third-order valence-electron chi connectivity index (χ3n) is 10.1. The van der Waals surface area contributed by atoms with Gasteiger partial charge < -0.3 is 14.5 Å². The Morgan fingerprint density at radius 1 is 1.00 bits per heavy atom. The molecule has 11 nitrogen and oxygen atoms in total. The molecule has 0 spiro atoms. The predicted molar refractivity (Wildman–Crippen MR) is 177 cm³/mol. The Kier molecular flexibility index (Phi) is 7.48. The number of nitrogens with one attached hydrogen (secondary N) is 1. The Hall–Kier alpha value is -4.75. The number of fused-ring (bicyclic) bond motifs is 9. The molecule has 7 atom stereocenters. The van der Waals surface area contributed by atoms with E-state index >= 15 is 0 Å². The number of hydrogen-bond acceptors (Lipinski definition) is 10. The molecule has 2 aliphatic carbocycles. The molecule has 3 aromatic carbocycles. The first-order valence-electron chi connectivity index (χ1n) is 15.7. The van der Waals surface area contributed by atoms with Crippen LogP contribution in [0.2, 0.25) is 0 Å². The molecule has 1 saturated heterocycles. The van der Waals surface area contributed by atoms with Crippen molar-refractivity contribution in [1.29, 1.82) is 0 Å². The molecule has 0 radical (unpaired) electrons. The van der Waals surface area contributed by atoms with Crippen LogP contribution in [-0.4, -0.2) is 39.5 Å². The SMILES string of the molecule is CCOC(=O)c1ccc(N2C(=O)[C@H]3[C@H]4C[C@@H]([C@@H]3C2=O)[C@H]2[C@H](c3cc([N+](=O)[O-])ccc3OCc3ccccc3)c3sc(=O)[nH]c3S[C@H]42)cc1. The van der Waals surface area contributed by atoms with E-state index in [1.165, 1.54) is 17.0 Å². The van der Waals surface area contributed by atoms with Crippen molar-refractivity contribution in [2.75, 3.05) is 11.5 Å². The topological polar surface area (TPSA) is 149 Å². The van der Waals surface area contributed by atoms with Gasteiger partial charge in [0.15, 0.2) is 0 Å². The number of non-ortho nitro benzene ring substituents is 1. The van der Waals surface area contributed by atoms with Crippen LogP contribution in [0.5, 0.6) is 5.75 Å². The Morgan fingerprint density at radius 2 is 1.73 bits per heavy atom. The second-order valence-corrected chi connectivity index (χ2v) is 14.7. The molecule has 2 aliphatic heterocycles. The molecule has 2 bridgehead atoms. The van der Waals surface area contributed by atoms with Gasteiger partial charge in [0.25, 0.3) is 5.69 Å². The minimum absolute atomic E-state index is 0.0955. The smallest absolute Gasteiger partial charge is 0.338 e. The summed E-state index contributed by atoms with van der Waals surface area (Å²) in [6.45, 7) is 2.19. The summed E-state index contributed by atoms with van der Waals surface area (Å²) in [5, 5.41) is 12.6. The maximum absolute atomic E-state index is 14.2. The van der Waals surface area contributed by atoms with Crippen molar-refractivity contribution in [2.45, 2.75) is 36.1 Å². The molecular formula is C35H29N3O8S2. The Balaban J connectivity index is 1.18. The normalized spacial score (nSPS) is 26.6. The zero-order valence-electron chi connectivity index (χ0n) is 25.6. The van der Waals surface area contributed by atoms with E-state index < -0.39 is 28.6 Å². The highest BCUT2D eigenvalue weighted by Crippen LogP contribution is 2.69. The second kappa shape index (κ2) is 11.7. The van der Waals surface area contributed by atoms with E-state index in [1.54, 1.807) is 49.0 Å². The third-order valence-corrected chi connectivity index (χ3v) is 12.7. The van der Waals surface area contributed by atoms with Crippen LogP contribution in [0.15, 0.2) is 82.6 Å². The average molecular weight is 684 g/mol. The number of thiazole rings is 1. The highest BCUT2D eigenvalue weighted by atomic mass is 32.2. The Bertz CT molecular complexity index is 2030. The van der Waals surface area contributed by atoms with Crippen LogP contribution in [0.4, 0.5) is 11.4 Å². The maximum atomic E-state index is 14.2. The summed E-state index contributed by atoms with van der Waals surface area (Å²) >= 11 is 2.62. The number of nitrogens with zero attached hydrogens (tertiary/aromatic N) is 2. The lowest BCUT2D eigenvalue weighted by Gasteiger charge is -2.43. The molecule has 3 heterocycles. The highest BCUT2D eigenvalue weighted by molar-refractivity contribution is 8.00. The zero-order valence-corrected chi connectivity index (χ0v) is 27.2. The first kappa shape index (κ1) is 30.6. The van der Waals surface area contributed by atoms with E-state index in [0.717, 1.165) is 21.8 Å². The molecule has 8 rings (SSSR count). The number of esters is 1. The lowest BCUT2D eigenvalue weighted by atomic mass is 9.68. The Labute approximate surface area is 282 Å². The van der Waals surface area contributed by atoms with Crippen molar-refractivity contribution in [1.82, 2.24) is 4.98 Å². The van der Waals surface area contributed by atoms with Crippen molar-refractivity contribution in [3.63, 3.8) is 0 Å². The summed E-state index contributed by atoms with van der Waals surface area (Å²) in [4.78, 5) is 69.5. The number of anilines is 1. The number of carbonyl (C=O) groups excluding carboxylic acids is 3. The summed E-state index contributed by atoms with van der Waals surface area (Å²) in [6, 6.07) is 20.5. The van der Waals surface area contributed by atoms with Crippen LogP contribution in [0.1, 0.15) is 45.6 Å². The lowest BCUT2D eigenvalue weighted by Crippen LogP contribution is -2.42. The number of nitro groups is 1. The predicted octanol–water partition coefficient (Wildman–Crippen LogP) is 5.78. The van der Waals surface area contributed by atoms with Crippen molar-refractivity contribution >= 4 is 52.3 Å². The fourth-order valence-electron chi connectivity index (χ4n) is 8.34. The monoisotopic (exact) mass is 683 g/mol. The fraction of sp³-hybridized carbons (Fsp3) is 0.314. The van der Waals surface area contributed by atoms with Crippen molar-refractivity contribution < 1.29 is 28.8 Å². The van der Waals surface area contributed by atoms with Crippen LogP contribution in [-0.2, 0) is 20.9 Å². The first-order valence-corrected chi connectivity index (χ1v) is 17.4. The quantitative estimate of drug-likeness (QED) is 0.106. The largest absolute Gasteiger partial charge is 0.489 e. The van der Waals surface area contributed by atoms with Crippen molar-refractivity contribution in [3.8, 4) is 5.75 Å². The van der Waals surface area contributed by atoms with E-state index in [2.05, 4.69) is 4.98 Å². The van der Waals surface area contributed by atoms with Gasteiger partial charge in [0, 0.05) is 33.7 Å². The number of benzene rings is 3. The molecule has 48 heavy (non-hydrogen) atoms. The van der Waals surface area contributed by atoms with Crippen LogP contribution in [0.3, 0.4) is 0 Å². The number of aromatic nitrogens is 1. The van der Waals surface area contributed by atoms with E-state index in [4.69, 9.17) is 9.47 Å². The van der Waals surface area contributed by atoms with Gasteiger partial charge in [-0.1, -0.05) is 41.7 Å². The summed E-state index contributed by atoms with van der Waals surface area (Å²) in [7, 11) is 0. The van der Waals surface area contributed by atoms with Crippen LogP contribution < -0.4 is 14.5 Å². The van der Waals surface area contributed by atoms with Gasteiger partial charge in [-0.3, -0.25) is 29.4 Å². The molecule has 244 valence electrons. The molecule has 4 aromatic rings. The lowest BCUT2D eigenvalue weighted by molar-refractivity contribution is -0.385. The Morgan fingerprint density at radius 3 is 2.44 bits per heavy atom. The number of hydrogen-bond donors (Lipinski definition) is 1. The summed E-state index contributed by atoms with van der Waals surface area (Å²) in [6.07, 6.45) is 0.662. The van der Waals surface area contributed by atoms with E-state index in [9.17, 15) is 29.3 Å².